The smallest absolute Gasteiger partial charge is 0.191 e. The van der Waals surface area contributed by atoms with Crippen LogP contribution >= 0.6 is 47.2 Å². The predicted octanol–water partition coefficient (Wildman–Crippen LogP) is 3.36. The molecule has 0 spiro atoms. The maximum Gasteiger partial charge on any atom is 0.191 e. The van der Waals surface area contributed by atoms with Gasteiger partial charge in [0, 0.05) is 32.6 Å². The fourth-order valence-electron chi connectivity index (χ4n) is 2.40. The summed E-state index contributed by atoms with van der Waals surface area (Å²) < 4.78 is 24.5. The second kappa shape index (κ2) is 10.5. The molecular formula is C17H23Cl2IN4O2S. The molecule has 0 aliphatic heterocycles. The van der Waals surface area contributed by atoms with E-state index in [1.807, 2.05) is 41.9 Å². The van der Waals surface area contributed by atoms with E-state index in [0.29, 0.717) is 29.2 Å². The van der Waals surface area contributed by atoms with Gasteiger partial charge in [-0.25, -0.2) is 8.42 Å². The molecule has 0 radical (unpaired) electrons. The van der Waals surface area contributed by atoms with Gasteiger partial charge in [0.15, 0.2) is 15.8 Å². The number of aromatic nitrogens is 1. The number of aliphatic imine (C=N–C) groups is 1. The molecule has 150 valence electrons. The fraction of sp³-hybridized carbons (Fsp3) is 0.353. The summed E-state index contributed by atoms with van der Waals surface area (Å²) >= 11 is 12.1. The minimum atomic E-state index is -3.02. The van der Waals surface area contributed by atoms with Gasteiger partial charge in [0.1, 0.15) is 5.15 Å². The summed E-state index contributed by atoms with van der Waals surface area (Å²) in [6.45, 7) is 1.09. The standard InChI is InChI=1S/C17H22Cl2N4O2S.HI/c1-20-17(22-10-14-8-15(18)16(19)23(14)2)21-9-12-4-6-13(7-5-12)11-26(3,24)25;/h4-8H,9-11H2,1-3H3,(H2,20,21,22);1H. The van der Waals surface area contributed by atoms with Gasteiger partial charge in [-0.1, -0.05) is 47.5 Å². The molecule has 27 heavy (non-hydrogen) atoms. The van der Waals surface area contributed by atoms with Gasteiger partial charge in [0.05, 0.1) is 17.3 Å². The van der Waals surface area contributed by atoms with Gasteiger partial charge in [0.25, 0.3) is 0 Å². The van der Waals surface area contributed by atoms with Gasteiger partial charge in [-0.05, 0) is 17.2 Å². The Balaban J connectivity index is 0.00000364. The van der Waals surface area contributed by atoms with E-state index in [1.165, 1.54) is 6.26 Å². The Morgan fingerprint density at radius 1 is 1.11 bits per heavy atom. The fourth-order valence-corrected chi connectivity index (χ4v) is 3.61. The average Bonchev–Trinajstić information content (AvgIpc) is 2.82. The highest BCUT2D eigenvalue weighted by Crippen LogP contribution is 2.24. The summed E-state index contributed by atoms with van der Waals surface area (Å²) in [4.78, 5) is 4.18. The molecule has 0 atom stereocenters. The number of nitrogens with one attached hydrogen (secondary N) is 2. The van der Waals surface area contributed by atoms with Crippen molar-refractivity contribution in [2.75, 3.05) is 13.3 Å². The molecule has 0 bridgehead atoms. The lowest BCUT2D eigenvalue weighted by Crippen LogP contribution is -2.36. The first-order chi connectivity index (χ1) is 12.2. The van der Waals surface area contributed by atoms with Crippen molar-refractivity contribution in [1.82, 2.24) is 15.2 Å². The van der Waals surface area contributed by atoms with Crippen LogP contribution < -0.4 is 10.6 Å². The number of nitrogens with zero attached hydrogens (tertiary/aromatic N) is 2. The zero-order valence-electron chi connectivity index (χ0n) is 15.3. The van der Waals surface area contributed by atoms with Crippen LogP contribution in [0.25, 0.3) is 0 Å². The first-order valence-corrected chi connectivity index (χ1v) is 10.7. The molecule has 1 aromatic heterocycles. The van der Waals surface area contributed by atoms with Crippen molar-refractivity contribution in [1.29, 1.82) is 0 Å². The van der Waals surface area contributed by atoms with E-state index >= 15 is 0 Å². The maximum atomic E-state index is 11.3. The molecule has 0 aliphatic carbocycles. The van der Waals surface area contributed by atoms with Crippen LogP contribution in [0, 0.1) is 0 Å². The SMILES string of the molecule is CN=C(NCc1ccc(CS(C)(=O)=O)cc1)NCc1cc(Cl)c(Cl)n1C.I. The molecule has 2 aromatic rings. The molecule has 0 fully saturated rings. The van der Waals surface area contributed by atoms with Crippen molar-refractivity contribution in [3.8, 4) is 0 Å². The first-order valence-electron chi connectivity index (χ1n) is 7.89. The topological polar surface area (TPSA) is 75.5 Å². The number of hydrogen-bond acceptors (Lipinski definition) is 3. The second-order valence-corrected chi connectivity index (χ2v) is 8.90. The van der Waals surface area contributed by atoms with E-state index < -0.39 is 9.84 Å². The lowest BCUT2D eigenvalue weighted by molar-refractivity contribution is 0.601. The van der Waals surface area contributed by atoms with Gasteiger partial charge >= 0.3 is 0 Å². The van der Waals surface area contributed by atoms with Crippen LogP contribution in [0.1, 0.15) is 16.8 Å². The van der Waals surface area contributed by atoms with Gasteiger partial charge in [-0.3, -0.25) is 4.99 Å². The number of hydrogen-bond donors (Lipinski definition) is 2. The Kier molecular flexibility index (Phi) is 9.40. The van der Waals surface area contributed by atoms with Gasteiger partial charge in [-0.15, -0.1) is 24.0 Å². The van der Waals surface area contributed by atoms with Crippen molar-refractivity contribution in [2.24, 2.45) is 12.0 Å². The van der Waals surface area contributed by atoms with E-state index in [9.17, 15) is 8.42 Å². The summed E-state index contributed by atoms with van der Waals surface area (Å²) in [6, 6.07) is 9.25. The third-order valence-corrected chi connectivity index (χ3v) is 5.49. The monoisotopic (exact) mass is 544 g/mol. The Bertz CT molecular complexity index is 896. The van der Waals surface area contributed by atoms with Crippen molar-refractivity contribution >= 4 is 63.0 Å². The van der Waals surface area contributed by atoms with Crippen LogP contribution in [0.15, 0.2) is 35.3 Å². The Morgan fingerprint density at radius 3 is 2.15 bits per heavy atom. The van der Waals surface area contributed by atoms with Gasteiger partial charge in [-0.2, -0.15) is 0 Å². The molecule has 1 heterocycles. The van der Waals surface area contributed by atoms with Crippen molar-refractivity contribution in [2.45, 2.75) is 18.8 Å². The highest BCUT2D eigenvalue weighted by atomic mass is 127. The van der Waals surface area contributed by atoms with E-state index in [1.54, 1.807) is 7.05 Å². The molecular weight excluding hydrogens is 522 g/mol. The lowest BCUT2D eigenvalue weighted by atomic mass is 10.1. The van der Waals surface area contributed by atoms with Gasteiger partial charge < -0.3 is 15.2 Å². The van der Waals surface area contributed by atoms with Gasteiger partial charge in [0.2, 0.25) is 0 Å². The van der Waals surface area contributed by atoms with Crippen LogP contribution in [0.3, 0.4) is 0 Å². The minimum Gasteiger partial charge on any atom is -0.352 e. The molecule has 0 unspecified atom stereocenters. The molecule has 1 aromatic carbocycles. The zero-order chi connectivity index (χ0) is 19.3. The summed E-state index contributed by atoms with van der Waals surface area (Å²) in [6.07, 6.45) is 1.23. The second-order valence-electron chi connectivity index (χ2n) is 6.00. The summed E-state index contributed by atoms with van der Waals surface area (Å²) in [5.74, 6) is 0.685. The highest BCUT2D eigenvalue weighted by molar-refractivity contribution is 14.0. The predicted molar refractivity (Wildman–Crippen MR) is 123 cm³/mol. The average molecular weight is 545 g/mol. The molecule has 0 amide bonds. The molecule has 10 heteroatoms. The Labute approximate surface area is 187 Å². The molecule has 2 rings (SSSR count). The Hall–Kier alpha value is -0.970. The van der Waals surface area contributed by atoms with Crippen molar-refractivity contribution in [3.05, 3.63) is 57.3 Å². The normalized spacial score (nSPS) is 11.8. The molecule has 0 aliphatic rings. The van der Waals surface area contributed by atoms with Crippen molar-refractivity contribution in [3.63, 3.8) is 0 Å². The number of sulfone groups is 1. The Morgan fingerprint density at radius 2 is 1.67 bits per heavy atom. The molecule has 0 saturated carbocycles. The largest absolute Gasteiger partial charge is 0.352 e. The van der Waals surface area contributed by atoms with E-state index in [2.05, 4.69) is 15.6 Å². The zero-order valence-corrected chi connectivity index (χ0v) is 20.0. The quantitative estimate of drug-likeness (QED) is 0.332. The third-order valence-electron chi connectivity index (χ3n) is 3.79. The molecule has 0 saturated heterocycles. The van der Waals surface area contributed by atoms with Crippen LogP contribution in [0.5, 0.6) is 0 Å². The summed E-state index contributed by atoms with van der Waals surface area (Å²) in [5, 5.41) is 7.43. The van der Waals surface area contributed by atoms with Crippen molar-refractivity contribution < 1.29 is 8.42 Å². The lowest BCUT2D eigenvalue weighted by Gasteiger charge is -2.13. The minimum absolute atomic E-state index is 0. The number of halogens is 3. The van der Waals surface area contributed by atoms with Crippen LogP contribution in [0.4, 0.5) is 0 Å². The summed E-state index contributed by atoms with van der Waals surface area (Å²) in [5.41, 5.74) is 2.74. The van der Waals surface area contributed by atoms with Crippen LogP contribution in [-0.4, -0.2) is 32.2 Å². The molecule has 2 N–H and O–H groups in total. The number of benzene rings is 1. The van der Waals surface area contributed by atoms with E-state index in [4.69, 9.17) is 23.2 Å². The number of guanidine groups is 1. The highest BCUT2D eigenvalue weighted by Gasteiger charge is 2.09. The third kappa shape index (κ3) is 7.52. The first kappa shape index (κ1) is 24.1. The van der Waals surface area contributed by atoms with E-state index in [-0.39, 0.29) is 29.7 Å². The molecule has 6 nitrogen and oxygen atoms in total. The number of rotatable bonds is 6. The summed E-state index contributed by atoms with van der Waals surface area (Å²) in [7, 11) is 0.513. The van der Waals surface area contributed by atoms with Crippen LogP contribution in [0.2, 0.25) is 10.2 Å². The van der Waals surface area contributed by atoms with E-state index in [0.717, 1.165) is 16.8 Å². The van der Waals surface area contributed by atoms with Crippen LogP contribution in [-0.2, 0) is 35.7 Å². The maximum absolute atomic E-state index is 11.3.